The predicted molar refractivity (Wildman–Crippen MR) is 208 cm³/mol. The van der Waals surface area contributed by atoms with Crippen molar-refractivity contribution in [3.8, 4) is 17.0 Å². The Kier molecular flexibility index (Phi) is 10.4. The molecule has 2 N–H and O–H groups in total. The van der Waals surface area contributed by atoms with Crippen molar-refractivity contribution in [1.29, 1.82) is 0 Å². The molecule has 3 heterocycles. The molecule has 0 atom stereocenters. The minimum atomic E-state index is -1.22. The lowest BCUT2D eigenvalue weighted by atomic mass is 9.80. The van der Waals surface area contributed by atoms with Crippen LogP contribution in [0.5, 0.6) is 5.75 Å². The highest BCUT2D eigenvalue weighted by atomic mass is 16.6. The van der Waals surface area contributed by atoms with Gasteiger partial charge in [0.2, 0.25) is 0 Å². The molecule has 0 spiro atoms. The molecule has 0 unspecified atom stereocenters. The molecule has 2 amide bonds. The molecule has 0 radical (unpaired) electrons. The first kappa shape index (κ1) is 37.0. The summed E-state index contributed by atoms with van der Waals surface area (Å²) in [6.45, 7) is 7.09. The summed E-state index contributed by atoms with van der Waals surface area (Å²) in [6, 6.07) is 21.3. The lowest BCUT2D eigenvalue weighted by Crippen LogP contribution is -2.61. The van der Waals surface area contributed by atoms with Crippen LogP contribution >= 0.6 is 0 Å². The number of benzene rings is 3. The maximum atomic E-state index is 14.4. The number of rotatable bonds is 8. The third kappa shape index (κ3) is 7.79. The van der Waals surface area contributed by atoms with Gasteiger partial charge < -0.3 is 29.4 Å². The summed E-state index contributed by atoms with van der Waals surface area (Å²) >= 11 is 0. The van der Waals surface area contributed by atoms with E-state index in [0.29, 0.717) is 30.2 Å². The van der Waals surface area contributed by atoms with Crippen molar-refractivity contribution >= 4 is 40.7 Å². The van der Waals surface area contributed by atoms with Crippen LogP contribution in [-0.4, -0.2) is 69.2 Å². The summed E-state index contributed by atoms with van der Waals surface area (Å²) in [6.07, 6.45) is 8.54. The minimum Gasteiger partial charge on any atom is -0.491 e. The van der Waals surface area contributed by atoms with Crippen molar-refractivity contribution in [2.45, 2.75) is 95.7 Å². The number of fused-ring (bicyclic) bond motifs is 5. The fraction of sp³-hybridized carbons (Fsp3) is 0.409. The molecule has 4 aromatic rings. The van der Waals surface area contributed by atoms with Crippen LogP contribution in [0.2, 0.25) is 0 Å². The van der Waals surface area contributed by atoms with Gasteiger partial charge in [-0.2, -0.15) is 0 Å². The van der Waals surface area contributed by atoms with Gasteiger partial charge in [0.25, 0.3) is 5.91 Å². The van der Waals surface area contributed by atoms with E-state index < -0.39 is 23.2 Å². The molecule has 3 aromatic carbocycles. The largest absolute Gasteiger partial charge is 0.491 e. The Hall–Kier alpha value is -5.38. The summed E-state index contributed by atoms with van der Waals surface area (Å²) in [4.78, 5) is 54.3. The SMILES string of the molecule is CC(C)(C)OC(=O)N1CCC(NC(=O)c2ccc3c(C4CCCCC4)c4n(c3c2)CCOc2ccccc2-4)(C(=O)Cc2ccc(/C=C/C(=O)O)cc2)CC1. The molecule has 282 valence electrons. The van der Waals surface area contributed by atoms with Gasteiger partial charge >= 0.3 is 12.1 Å². The maximum Gasteiger partial charge on any atom is 0.410 e. The Labute approximate surface area is 316 Å². The number of likely N-dealkylation sites (tertiary alicyclic amines) is 1. The molecule has 1 aliphatic carbocycles. The average molecular weight is 732 g/mol. The minimum absolute atomic E-state index is 0.0606. The monoisotopic (exact) mass is 731 g/mol. The van der Waals surface area contributed by atoms with Gasteiger partial charge in [-0.25, -0.2) is 9.59 Å². The number of amides is 2. The molecular weight excluding hydrogens is 682 g/mol. The van der Waals surface area contributed by atoms with E-state index in [2.05, 4.69) is 28.1 Å². The van der Waals surface area contributed by atoms with E-state index in [9.17, 15) is 19.2 Å². The van der Waals surface area contributed by atoms with E-state index in [1.165, 1.54) is 36.6 Å². The van der Waals surface area contributed by atoms with Gasteiger partial charge in [0, 0.05) is 47.6 Å². The molecule has 10 nitrogen and oxygen atoms in total. The first-order valence-electron chi connectivity index (χ1n) is 19.1. The molecule has 10 heteroatoms. The Balaban J connectivity index is 1.21. The molecular formula is C44H49N3O7. The van der Waals surface area contributed by atoms with Crippen LogP contribution in [0.3, 0.4) is 0 Å². The van der Waals surface area contributed by atoms with Crippen molar-refractivity contribution in [3.05, 3.63) is 95.1 Å². The van der Waals surface area contributed by atoms with Gasteiger partial charge in [0.1, 0.15) is 23.5 Å². The molecule has 2 fully saturated rings. The number of carboxylic acid groups (broad SMARTS) is 1. The quantitative estimate of drug-likeness (QED) is 0.175. The fourth-order valence-electron chi connectivity index (χ4n) is 8.31. The molecule has 0 bridgehead atoms. The number of ketones is 1. The van der Waals surface area contributed by atoms with Gasteiger partial charge in [-0.1, -0.05) is 61.7 Å². The average Bonchev–Trinajstić information content (AvgIpc) is 3.35. The second-order valence-corrected chi connectivity index (χ2v) is 15.8. The summed E-state index contributed by atoms with van der Waals surface area (Å²) in [5.41, 5.74) is 4.58. The number of ether oxygens (including phenoxy) is 2. The van der Waals surface area contributed by atoms with Gasteiger partial charge in [0.05, 0.1) is 12.2 Å². The number of para-hydroxylation sites is 1. The molecule has 2 aliphatic heterocycles. The Morgan fingerprint density at radius 1 is 0.944 bits per heavy atom. The zero-order valence-electron chi connectivity index (χ0n) is 31.4. The normalized spacial score (nSPS) is 17.3. The third-order valence-electron chi connectivity index (χ3n) is 11.0. The number of hydrogen-bond acceptors (Lipinski definition) is 6. The first-order chi connectivity index (χ1) is 25.9. The Bertz CT molecular complexity index is 2090. The number of piperidine rings is 1. The first-order valence-corrected chi connectivity index (χ1v) is 19.1. The number of carbonyl (C=O) groups excluding carboxylic acids is 3. The number of carbonyl (C=O) groups is 4. The Morgan fingerprint density at radius 3 is 2.37 bits per heavy atom. The fourth-order valence-corrected chi connectivity index (χ4v) is 8.31. The highest BCUT2D eigenvalue weighted by Gasteiger charge is 2.44. The summed E-state index contributed by atoms with van der Waals surface area (Å²) in [5.74, 6) is -0.245. The van der Waals surface area contributed by atoms with Crippen LogP contribution in [0.15, 0.2) is 72.8 Å². The van der Waals surface area contributed by atoms with E-state index in [-0.39, 0.29) is 44.0 Å². The van der Waals surface area contributed by atoms with E-state index >= 15 is 0 Å². The highest BCUT2D eigenvalue weighted by molar-refractivity contribution is 6.04. The number of aromatic nitrogens is 1. The number of nitrogens with one attached hydrogen (secondary N) is 1. The van der Waals surface area contributed by atoms with Crippen molar-refractivity contribution < 1.29 is 33.8 Å². The van der Waals surface area contributed by atoms with Crippen molar-refractivity contribution in [2.75, 3.05) is 19.7 Å². The van der Waals surface area contributed by atoms with Crippen molar-refractivity contribution in [1.82, 2.24) is 14.8 Å². The maximum absolute atomic E-state index is 14.4. The zero-order chi connectivity index (χ0) is 38.0. The van der Waals surface area contributed by atoms with Gasteiger partial charge in [-0.05, 0) is 99.4 Å². The van der Waals surface area contributed by atoms with E-state index in [1.807, 2.05) is 45.0 Å². The van der Waals surface area contributed by atoms with E-state index in [0.717, 1.165) is 46.7 Å². The van der Waals surface area contributed by atoms with Crippen LogP contribution in [0, 0.1) is 0 Å². The lowest BCUT2D eigenvalue weighted by Gasteiger charge is -2.41. The predicted octanol–water partition coefficient (Wildman–Crippen LogP) is 8.16. The van der Waals surface area contributed by atoms with Crippen molar-refractivity contribution in [2.24, 2.45) is 0 Å². The van der Waals surface area contributed by atoms with Crippen LogP contribution in [0.4, 0.5) is 4.79 Å². The molecule has 1 saturated carbocycles. The lowest BCUT2D eigenvalue weighted by molar-refractivity contribution is -0.131. The molecule has 3 aliphatic rings. The number of Topliss-reactive ketones (excluding diaryl/α,β-unsaturated/α-hetero) is 1. The number of carboxylic acids is 1. The Morgan fingerprint density at radius 2 is 1.67 bits per heavy atom. The van der Waals surface area contributed by atoms with Crippen LogP contribution in [0.25, 0.3) is 28.2 Å². The van der Waals surface area contributed by atoms with Crippen LogP contribution in [-0.2, 0) is 27.3 Å². The second-order valence-electron chi connectivity index (χ2n) is 15.8. The third-order valence-corrected chi connectivity index (χ3v) is 11.0. The molecule has 1 saturated heterocycles. The molecule has 7 rings (SSSR count). The summed E-state index contributed by atoms with van der Waals surface area (Å²) < 4.78 is 14.2. The highest BCUT2D eigenvalue weighted by Crippen LogP contribution is 2.47. The van der Waals surface area contributed by atoms with E-state index in [4.69, 9.17) is 14.6 Å². The second kappa shape index (κ2) is 15.2. The number of aliphatic carboxylic acids is 1. The van der Waals surface area contributed by atoms with Gasteiger partial charge in [0.15, 0.2) is 5.78 Å². The summed E-state index contributed by atoms with van der Waals surface area (Å²) in [7, 11) is 0. The molecule has 1 aromatic heterocycles. The summed E-state index contributed by atoms with van der Waals surface area (Å²) in [5, 5.41) is 13.3. The topological polar surface area (TPSA) is 127 Å². The standard InChI is InChI=1S/C44H49N3O7/c1-43(2,3)54-42(52)46-23-21-44(22-24-46,37(48)27-30-15-13-29(14-16-30)17-20-38(49)50)45-41(51)32-18-19-33-35(28-32)47-25-26-53-36-12-8-7-11-34(36)40(47)39(33)31-9-5-4-6-10-31/h7-8,11-20,28,31H,4-6,9-10,21-27H2,1-3H3,(H,45,51)(H,49,50)/b20-17+. The van der Waals surface area contributed by atoms with Crippen LogP contribution < -0.4 is 10.1 Å². The van der Waals surface area contributed by atoms with Crippen LogP contribution in [0.1, 0.15) is 98.7 Å². The van der Waals surface area contributed by atoms with Gasteiger partial charge in [-0.15, -0.1) is 0 Å². The number of nitrogens with zero attached hydrogens (tertiary/aromatic N) is 2. The van der Waals surface area contributed by atoms with E-state index in [1.54, 1.807) is 29.2 Å². The smallest absolute Gasteiger partial charge is 0.410 e. The molecule has 54 heavy (non-hydrogen) atoms. The number of hydrogen-bond donors (Lipinski definition) is 2. The van der Waals surface area contributed by atoms with Gasteiger partial charge in [-0.3, -0.25) is 9.59 Å². The zero-order valence-corrected chi connectivity index (χ0v) is 31.4. The van der Waals surface area contributed by atoms with Crippen molar-refractivity contribution in [3.63, 3.8) is 0 Å².